The number of hydrogen-bond acceptors (Lipinski definition) is 5. The summed E-state index contributed by atoms with van der Waals surface area (Å²) in [5.41, 5.74) is 5.91. The van der Waals surface area contributed by atoms with Gasteiger partial charge in [-0.2, -0.15) is 4.98 Å². The van der Waals surface area contributed by atoms with Crippen LogP contribution >= 0.6 is 0 Å². The van der Waals surface area contributed by atoms with Gasteiger partial charge in [-0.25, -0.2) is 4.98 Å². The molecule has 0 atom stereocenters. The van der Waals surface area contributed by atoms with Gasteiger partial charge in [0.25, 0.3) is 0 Å². The van der Waals surface area contributed by atoms with E-state index in [1.807, 2.05) is 24.9 Å². The molecule has 5 nitrogen and oxygen atoms in total. The SMILES string of the molecule is Cc1cc(N(C)CC2(O)CCCC2)nc(N)n1. The van der Waals surface area contributed by atoms with Crippen molar-refractivity contribution < 1.29 is 5.11 Å². The van der Waals surface area contributed by atoms with Gasteiger partial charge in [0.05, 0.1) is 5.60 Å². The van der Waals surface area contributed by atoms with E-state index < -0.39 is 5.60 Å². The topological polar surface area (TPSA) is 75.3 Å². The van der Waals surface area contributed by atoms with Crippen molar-refractivity contribution in [2.45, 2.75) is 38.2 Å². The van der Waals surface area contributed by atoms with E-state index in [4.69, 9.17) is 5.73 Å². The Balaban J connectivity index is 2.11. The van der Waals surface area contributed by atoms with Gasteiger partial charge in [0.2, 0.25) is 5.95 Å². The van der Waals surface area contributed by atoms with Crippen LogP contribution in [0.3, 0.4) is 0 Å². The van der Waals surface area contributed by atoms with Crippen LogP contribution < -0.4 is 10.6 Å². The van der Waals surface area contributed by atoms with Crippen molar-refractivity contribution in [1.29, 1.82) is 0 Å². The van der Waals surface area contributed by atoms with Crippen LogP contribution in [0.4, 0.5) is 11.8 Å². The molecule has 5 heteroatoms. The Kier molecular flexibility index (Phi) is 3.19. The largest absolute Gasteiger partial charge is 0.388 e. The maximum absolute atomic E-state index is 10.3. The highest BCUT2D eigenvalue weighted by molar-refractivity contribution is 5.42. The van der Waals surface area contributed by atoms with Crippen LogP contribution in [0.15, 0.2) is 6.07 Å². The molecule has 94 valence electrons. The second-order valence-electron chi connectivity index (χ2n) is 5.01. The van der Waals surface area contributed by atoms with Crippen molar-refractivity contribution in [3.8, 4) is 0 Å². The summed E-state index contributed by atoms with van der Waals surface area (Å²) in [6.45, 7) is 2.49. The maximum atomic E-state index is 10.3. The number of nitrogen functional groups attached to an aromatic ring is 1. The van der Waals surface area contributed by atoms with E-state index >= 15 is 0 Å². The summed E-state index contributed by atoms with van der Waals surface area (Å²) in [5.74, 6) is 1.06. The Morgan fingerprint density at radius 3 is 2.65 bits per heavy atom. The van der Waals surface area contributed by atoms with Crippen molar-refractivity contribution in [3.63, 3.8) is 0 Å². The Labute approximate surface area is 102 Å². The van der Waals surface area contributed by atoms with Crippen LogP contribution in [-0.2, 0) is 0 Å². The molecule has 0 amide bonds. The first kappa shape index (κ1) is 12.1. The van der Waals surface area contributed by atoms with Crippen molar-refractivity contribution >= 4 is 11.8 Å². The zero-order valence-electron chi connectivity index (χ0n) is 10.5. The molecule has 0 unspecified atom stereocenters. The first-order valence-corrected chi connectivity index (χ1v) is 6.03. The molecule has 0 radical (unpaired) electrons. The number of aromatic nitrogens is 2. The molecule has 0 bridgehead atoms. The van der Waals surface area contributed by atoms with E-state index in [1.54, 1.807) is 0 Å². The summed E-state index contributed by atoms with van der Waals surface area (Å²) < 4.78 is 0. The fraction of sp³-hybridized carbons (Fsp3) is 0.667. The number of likely N-dealkylation sites (N-methyl/N-ethyl adjacent to an activating group) is 1. The molecule has 3 N–H and O–H groups in total. The lowest BCUT2D eigenvalue weighted by Gasteiger charge is -2.29. The van der Waals surface area contributed by atoms with Crippen molar-refractivity contribution in [1.82, 2.24) is 9.97 Å². The highest BCUT2D eigenvalue weighted by Crippen LogP contribution is 2.30. The molecule has 1 heterocycles. The molecular weight excluding hydrogens is 216 g/mol. The molecule has 1 saturated carbocycles. The number of rotatable bonds is 3. The fourth-order valence-corrected chi connectivity index (χ4v) is 2.48. The van der Waals surface area contributed by atoms with Gasteiger partial charge in [-0.05, 0) is 19.8 Å². The quantitative estimate of drug-likeness (QED) is 0.822. The summed E-state index contributed by atoms with van der Waals surface area (Å²) in [7, 11) is 1.93. The minimum Gasteiger partial charge on any atom is -0.388 e. The molecule has 0 aliphatic heterocycles. The third kappa shape index (κ3) is 2.85. The van der Waals surface area contributed by atoms with Gasteiger partial charge in [0, 0.05) is 25.4 Å². The smallest absolute Gasteiger partial charge is 0.222 e. The van der Waals surface area contributed by atoms with Crippen molar-refractivity contribution in [2.24, 2.45) is 0 Å². The molecule has 17 heavy (non-hydrogen) atoms. The molecular formula is C12H20N4O. The molecule has 1 fully saturated rings. The normalized spacial score (nSPS) is 18.3. The van der Waals surface area contributed by atoms with Crippen molar-refractivity contribution in [2.75, 3.05) is 24.2 Å². The lowest BCUT2D eigenvalue weighted by atomic mass is 10.0. The second-order valence-corrected chi connectivity index (χ2v) is 5.01. The Hall–Kier alpha value is -1.36. The number of anilines is 2. The number of aliphatic hydroxyl groups is 1. The predicted molar refractivity (Wildman–Crippen MR) is 67.9 cm³/mol. The molecule has 2 rings (SSSR count). The minimum absolute atomic E-state index is 0.283. The van der Waals surface area contributed by atoms with E-state index in [0.717, 1.165) is 37.2 Å². The monoisotopic (exact) mass is 236 g/mol. The van der Waals surface area contributed by atoms with Gasteiger partial charge in [-0.1, -0.05) is 12.8 Å². The lowest BCUT2D eigenvalue weighted by molar-refractivity contribution is 0.0558. The van der Waals surface area contributed by atoms with Crippen LogP contribution in [-0.4, -0.2) is 34.3 Å². The van der Waals surface area contributed by atoms with E-state index in [0.29, 0.717) is 6.54 Å². The molecule has 0 saturated heterocycles. The third-order valence-corrected chi connectivity index (χ3v) is 3.31. The molecule has 1 aromatic rings. The average molecular weight is 236 g/mol. The first-order chi connectivity index (χ1) is 7.98. The Morgan fingerprint density at radius 1 is 1.41 bits per heavy atom. The lowest BCUT2D eigenvalue weighted by Crippen LogP contribution is -2.39. The number of aryl methyl sites for hydroxylation is 1. The van der Waals surface area contributed by atoms with E-state index in [2.05, 4.69) is 9.97 Å². The van der Waals surface area contributed by atoms with Gasteiger partial charge in [0.15, 0.2) is 0 Å². The highest BCUT2D eigenvalue weighted by Gasteiger charge is 2.32. The number of nitrogens with two attached hydrogens (primary N) is 1. The van der Waals surface area contributed by atoms with Crippen LogP contribution in [0.1, 0.15) is 31.4 Å². The maximum Gasteiger partial charge on any atom is 0.222 e. The zero-order valence-corrected chi connectivity index (χ0v) is 10.5. The van der Waals surface area contributed by atoms with Gasteiger partial charge >= 0.3 is 0 Å². The van der Waals surface area contributed by atoms with Gasteiger partial charge in [0.1, 0.15) is 5.82 Å². The van der Waals surface area contributed by atoms with Crippen LogP contribution in [0.25, 0.3) is 0 Å². The molecule has 0 spiro atoms. The summed E-state index contributed by atoms with van der Waals surface area (Å²) in [6, 6.07) is 1.88. The standard InChI is InChI=1S/C12H20N4O/c1-9-7-10(15-11(13)14-9)16(2)8-12(17)5-3-4-6-12/h7,17H,3-6,8H2,1-2H3,(H2,13,14,15). The summed E-state index contributed by atoms with van der Waals surface area (Å²) >= 11 is 0. The number of nitrogens with zero attached hydrogens (tertiary/aromatic N) is 3. The second kappa shape index (κ2) is 4.49. The van der Waals surface area contributed by atoms with E-state index in [-0.39, 0.29) is 5.95 Å². The van der Waals surface area contributed by atoms with Gasteiger partial charge < -0.3 is 15.7 Å². The summed E-state index contributed by atoms with van der Waals surface area (Å²) in [4.78, 5) is 10.2. The Bertz CT molecular complexity index is 381. The molecule has 0 aromatic carbocycles. The molecule has 1 aliphatic rings. The first-order valence-electron chi connectivity index (χ1n) is 6.03. The van der Waals surface area contributed by atoms with Crippen LogP contribution in [0.5, 0.6) is 0 Å². The zero-order chi connectivity index (χ0) is 12.5. The molecule has 1 aromatic heterocycles. The third-order valence-electron chi connectivity index (χ3n) is 3.31. The summed E-state index contributed by atoms with van der Waals surface area (Å²) in [6.07, 6.45) is 3.96. The fourth-order valence-electron chi connectivity index (χ4n) is 2.48. The number of hydrogen-bond donors (Lipinski definition) is 2. The van der Waals surface area contributed by atoms with E-state index in [1.165, 1.54) is 0 Å². The summed E-state index contributed by atoms with van der Waals surface area (Å²) in [5, 5.41) is 10.3. The van der Waals surface area contributed by atoms with Crippen LogP contribution in [0.2, 0.25) is 0 Å². The van der Waals surface area contributed by atoms with Crippen LogP contribution in [0, 0.1) is 6.92 Å². The van der Waals surface area contributed by atoms with Gasteiger partial charge in [-0.15, -0.1) is 0 Å². The average Bonchev–Trinajstić information content (AvgIpc) is 2.63. The molecule has 1 aliphatic carbocycles. The van der Waals surface area contributed by atoms with Crippen molar-refractivity contribution in [3.05, 3.63) is 11.8 Å². The minimum atomic E-state index is -0.567. The van der Waals surface area contributed by atoms with E-state index in [9.17, 15) is 5.11 Å². The Morgan fingerprint density at radius 2 is 2.06 bits per heavy atom. The predicted octanol–water partition coefficient (Wildman–Crippen LogP) is 1.11. The van der Waals surface area contributed by atoms with Gasteiger partial charge in [-0.3, -0.25) is 0 Å². The highest BCUT2D eigenvalue weighted by atomic mass is 16.3.